The molecule has 0 aliphatic heterocycles. The maximum atomic E-state index is 13.0. The number of nitrogens with one attached hydrogen (secondary N) is 2. The van der Waals surface area contributed by atoms with Gasteiger partial charge in [0.05, 0.1) is 6.54 Å². The Morgan fingerprint density at radius 3 is 2.12 bits per heavy atom. The fraction of sp³-hybridized carbons (Fsp3) is 0.423. The summed E-state index contributed by atoms with van der Waals surface area (Å²) in [7, 11) is 0. The number of hydrogen-bond acceptors (Lipinski definition) is 5. The topological polar surface area (TPSA) is 125 Å². The number of carboxylic acid groups (broad SMARTS) is 1. The van der Waals surface area contributed by atoms with Crippen LogP contribution in [0.3, 0.4) is 0 Å². The molecule has 0 spiro atoms. The number of ether oxygens (including phenoxy) is 1. The van der Waals surface area contributed by atoms with Crippen molar-refractivity contribution < 1.29 is 29.3 Å². The average molecular weight is 467 g/mol. The lowest BCUT2D eigenvalue weighted by molar-refractivity contribution is -0.156. The minimum absolute atomic E-state index is 0.0973. The SMILES string of the molecule is CC(O)(CNC(=O)C1(NC(=O)OCC2c3ccccc3-c3ccccc32)CCCCC1)C(=O)O. The molecule has 1 atom stereocenters. The Bertz CT molecular complexity index is 1040. The first kappa shape index (κ1) is 23.8. The lowest BCUT2D eigenvalue weighted by Gasteiger charge is -2.36. The summed E-state index contributed by atoms with van der Waals surface area (Å²) in [4.78, 5) is 37.0. The van der Waals surface area contributed by atoms with E-state index in [2.05, 4.69) is 22.8 Å². The number of aliphatic carboxylic acids is 1. The Morgan fingerprint density at radius 2 is 1.56 bits per heavy atom. The van der Waals surface area contributed by atoms with Crippen molar-refractivity contribution in [3.8, 4) is 11.1 Å². The number of alkyl carbamates (subject to hydrolysis) is 1. The summed E-state index contributed by atoms with van der Waals surface area (Å²) in [6.07, 6.45) is 2.56. The van der Waals surface area contributed by atoms with Crippen LogP contribution in [0.4, 0.5) is 4.79 Å². The number of benzene rings is 2. The summed E-state index contributed by atoms with van der Waals surface area (Å²) in [6, 6.07) is 16.1. The van der Waals surface area contributed by atoms with Crippen LogP contribution in [0.2, 0.25) is 0 Å². The van der Waals surface area contributed by atoms with Gasteiger partial charge in [0, 0.05) is 5.92 Å². The van der Waals surface area contributed by atoms with Gasteiger partial charge >= 0.3 is 12.1 Å². The minimum atomic E-state index is -2.10. The Labute approximate surface area is 198 Å². The molecule has 0 saturated heterocycles. The number of rotatable bonds is 7. The Kier molecular flexibility index (Phi) is 6.61. The van der Waals surface area contributed by atoms with Crippen molar-refractivity contribution >= 4 is 18.0 Å². The lowest BCUT2D eigenvalue weighted by Crippen LogP contribution is -2.61. The highest BCUT2D eigenvalue weighted by Crippen LogP contribution is 2.44. The molecular weight excluding hydrogens is 436 g/mol. The molecule has 34 heavy (non-hydrogen) atoms. The number of carbonyl (C=O) groups is 3. The molecule has 8 nitrogen and oxygen atoms in total. The normalized spacial score (nSPS) is 18.2. The second kappa shape index (κ2) is 9.46. The Hall–Kier alpha value is -3.39. The zero-order valence-electron chi connectivity index (χ0n) is 19.2. The van der Waals surface area contributed by atoms with E-state index in [1.165, 1.54) is 0 Å². The first-order chi connectivity index (χ1) is 16.2. The molecule has 2 aromatic rings. The number of carbonyl (C=O) groups excluding carboxylic acids is 2. The van der Waals surface area contributed by atoms with Crippen LogP contribution in [0.1, 0.15) is 56.1 Å². The molecule has 4 rings (SSSR count). The van der Waals surface area contributed by atoms with Gasteiger partial charge in [-0.1, -0.05) is 67.8 Å². The summed E-state index contributed by atoms with van der Waals surface area (Å²) >= 11 is 0. The van der Waals surface area contributed by atoms with Gasteiger partial charge in [-0.25, -0.2) is 9.59 Å². The zero-order chi connectivity index (χ0) is 24.3. The maximum absolute atomic E-state index is 13.0. The number of amides is 2. The van der Waals surface area contributed by atoms with Gasteiger partial charge in [-0.2, -0.15) is 0 Å². The Morgan fingerprint density at radius 1 is 1.00 bits per heavy atom. The first-order valence-electron chi connectivity index (χ1n) is 11.6. The second-order valence-electron chi connectivity index (χ2n) is 9.35. The van der Waals surface area contributed by atoms with Gasteiger partial charge in [-0.15, -0.1) is 0 Å². The third-order valence-corrected chi connectivity index (χ3v) is 6.88. The molecule has 0 aromatic heterocycles. The molecular formula is C26H30N2O6. The highest BCUT2D eigenvalue weighted by Gasteiger charge is 2.43. The highest BCUT2D eigenvalue weighted by atomic mass is 16.5. The van der Waals surface area contributed by atoms with E-state index in [-0.39, 0.29) is 12.5 Å². The largest absolute Gasteiger partial charge is 0.479 e. The molecule has 8 heteroatoms. The van der Waals surface area contributed by atoms with Crippen molar-refractivity contribution in [1.82, 2.24) is 10.6 Å². The fourth-order valence-electron chi connectivity index (χ4n) is 4.89. The van der Waals surface area contributed by atoms with Gasteiger partial charge in [-0.05, 0) is 42.0 Å². The van der Waals surface area contributed by atoms with E-state index in [0.717, 1.165) is 48.4 Å². The summed E-state index contributed by atoms with van der Waals surface area (Å²) in [5, 5.41) is 24.3. The molecule has 1 fully saturated rings. The van der Waals surface area contributed by atoms with Crippen LogP contribution in [-0.2, 0) is 14.3 Å². The highest BCUT2D eigenvalue weighted by molar-refractivity contribution is 5.91. The van der Waals surface area contributed by atoms with E-state index < -0.39 is 35.7 Å². The van der Waals surface area contributed by atoms with Crippen LogP contribution < -0.4 is 10.6 Å². The van der Waals surface area contributed by atoms with Gasteiger partial charge in [0.15, 0.2) is 5.60 Å². The number of fused-ring (bicyclic) bond motifs is 3. The quantitative estimate of drug-likeness (QED) is 0.497. The van der Waals surface area contributed by atoms with Gasteiger partial charge in [-0.3, -0.25) is 4.79 Å². The van der Waals surface area contributed by atoms with Gasteiger partial charge in [0.2, 0.25) is 5.91 Å². The van der Waals surface area contributed by atoms with Crippen molar-refractivity contribution in [1.29, 1.82) is 0 Å². The van der Waals surface area contributed by atoms with E-state index in [1.807, 2.05) is 36.4 Å². The minimum Gasteiger partial charge on any atom is -0.479 e. The van der Waals surface area contributed by atoms with E-state index in [0.29, 0.717) is 12.8 Å². The molecule has 4 N–H and O–H groups in total. The fourth-order valence-corrected chi connectivity index (χ4v) is 4.89. The molecule has 0 bridgehead atoms. The molecule has 180 valence electrons. The smallest absolute Gasteiger partial charge is 0.408 e. The van der Waals surface area contributed by atoms with Crippen molar-refractivity contribution in [2.24, 2.45) is 0 Å². The van der Waals surface area contributed by atoms with E-state index in [1.54, 1.807) is 0 Å². The summed E-state index contributed by atoms with van der Waals surface area (Å²) in [5.41, 5.74) is 1.14. The van der Waals surface area contributed by atoms with Crippen LogP contribution in [0.25, 0.3) is 11.1 Å². The van der Waals surface area contributed by atoms with Gasteiger partial charge in [0.1, 0.15) is 12.1 Å². The molecule has 1 unspecified atom stereocenters. The van der Waals surface area contributed by atoms with Crippen molar-refractivity contribution in [3.63, 3.8) is 0 Å². The first-order valence-corrected chi connectivity index (χ1v) is 11.6. The molecule has 0 heterocycles. The summed E-state index contributed by atoms with van der Waals surface area (Å²) < 4.78 is 5.63. The lowest BCUT2D eigenvalue weighted by atomic mass is 9.81. The molecule has 2 aliphatic carbocycles. The third kappa shape index (κ3) is 4.63. The predicted molar refractivity (Wildman–Crippen MR) is 125 cm³/mol. The predicted octanol–water partition coefficient (Wildman–Crippen LogP) is 3.18. The number of hydrogen-bond donors (Lipinski definition) is 4. The van der Waals surface area contributed by atoms with Gasteiger partial charge in [0.25, 0.3) is 0 Å². The monoisotopic (exact) mass is 466 g/mol. The van der Waals surface area contributed by atoms with Crippen LogP contribution in [0, 0.1) is 0 Å². The average Bonchev–Trinajstić information content (AvgIpc) is 3.15. The zero-order valence-corrected chi connectivity index (χ0v) is 19.2. The summed E-state index contributed by atoms with van der Waals surface area (Å²) in [5.74, 6) is -2.04. The van der Waals surface area contributed by atoms with Crippen LogP contribution in [-0.4, -0.2) is 52.5 Å². The van der Waals surface area contributed by atoms with Crippen molar-refractivity contribution in [3.05, 3.63) is 59.7 Å². The molecule has 0 radical (unpaired) electrons. The number of carboxylic acids is 1. The standard InChI is InChI=1S/C26H30N2O6/c1-25(33,23(30)31)16-27-22(29)26(13-7-2-8-14-26)28-24(32)34-15-21-19-11-5-3-9-17(19)18-10-4-6-12-20(18)21/h3-6,9-12,21,33H,2,7-8,13-16H2,1H3,(H,27,29)(H,28,32)(H,30,31). The van der Waals surface area contributed by atoms with E-state index in [4.69, 9.17) is 9.84 Å². The Balaban J connectivity index is 1.44. The third-order valence-electron chi connectivity index (χ3n) is 6.88. The van der Waals surface area contributed by atoms with E-state index in [9.17, 15) is 19.5 Å². The van der Waals surface area contributed by atoms with Crippen LogP contribution in [0.5, 0.6) is 0 Å². The second-order valence-corrected chi connectivity index (χ2v) is 9.35. The molecule has 1 saturated carbocycles. The molecule has 2 amide bonds. The maximum Gasteiger partial charge on any atom is 0.408 e. The van der Waals surface area contributed by atoms with Crippen LogP contribution in [0.15, 0.2) is 48.5 Å². The molecule has 2 aliphatic rings. The molecule has 2 aromatic carbocycles. The van der Waals surface area contributed by atoms with Crippen molar-refractivity contribution in [2.45, 2.75) is 56.1 Å². The summed E-state index contributed by atoms with van der Waals surface area (Å²) in [6.45, 7) is 0.780. The van der Waals surface area contributed by atoms with Crippen molar-refractivity contribution in [2.75, 3.05) is 13.2 Å². The number of aliphatic hydroxyl groups is 1. The van der Waals surface area contributed by atoms with E-state index >= 15 is 0 Å². The van der Waals surface area contributed by atoms with Gasteiger partial charge < -0.3 is 25.6 Å². The van der Waals surface area contributed by atoms with Crippen LogP contribution >= 0.6 is 0 Å².